The Morgan fingerprint density at radius 3 is 2.23 bits per heavy atom. The molecule has 0 radical (unpaired) electrons. The maximum Gasteiger partial charge on any atom is 0.256 e. The summed E-state index contributed by atoms with van der Waals surface area (Å²) >= 11 is 12.4. The molecule has 1 N–H and O–H groups in total. The second kappa shape index (κ2) is 12.2. The van der Waals surface area contributed by atoms with Crippen molar-refractivity contribution in [2.75, 3.05) is 11.9 Å². The van der Waals surface area contributed by atoms with Crippen molar-refractivity contribution in [2.24, 2.45) is 0 Å². The van der Waals surface area contributed by atoms with Crippen LogP contribution in [0.1, 0.15) is 21.5 Å². The number of anilines is 1. The lowest BCUT2D eigenvalue weighted by Crippen LogP contribution is -2.38. The Labute approximate surface area is 242 Å². The van der Waals surface area contributed by atoms with E-state index in [1.54, 1.807) is 12.1 Å². The van der Waals surface area contributed by atoms with Gasteiger partial charge in [0, 0.05) is 29.0 Å². The Kier molecular flexibility index (Phi) is 8.29. The molecule has 0 fully saturated rings. The predicted octanol–water partition coefficient (Wildman–Crippen LogP) is 7.44. The van der Waals surface area contributed by atoms with E-state index in [1.807, 2.05) is 103 Å². The van der Waals surface area contributed by atoms with Crippen LogP contribution in [-0.2, 0) is 11.3 Å². The lowest BCUT2D eigenvalue weighted by molar-refractivity contribution is -0.117. The van der Waals surface area contributed by atoms with Crippen LogP contribution in [0.4, 0.5) is 5.95 Å². The van der Waals surface area contributed by atoms with Gasteiger partial charge in [0.15, 0.2) is 0 Å². The zero-order valence-electron chi connectivity index (χ0n) is 21.7. The highest BCUT2D eigenvalue weighted by molar-refractivity contribution is 6.36. The summed E-state index contributed by atoms with van der Waals surface area (Å²) in [5.41, 5.74) is 4.74. The molecule has 0 aliphatic heterocycles. The quantitative estimate of drug-likeness (QED) is 0.211. The van der Waals surface area contributed by atoms with E-state index in [2.05, 4.69) is 5.32 Å². The lowest BCUT2D eigenvalue weighted by atomic mass is 10.1. The van der Waals surface area contributed by atoms with Gasteiger partial charge in [-0.2, -0.15) is 0 Å². The van der Waals surface area contributed by atoms with E-state index in [-0.39, 0.29) is 29.6 Å². The summed E-state index contributed by atoms with van der Waals surface area (Å²) in [6.45, 7) is 2.02. The van der Waals surface area contributed by atoms with Gasteiger partial charge in [0.25, 0.3) is 5.91 Å². The van der Waals surface area contributed by atoms with Crippen molar-refractivity contribution in [2.45, 2.75) is 13.5 Å². The highest BCUT2D eigenvalue weighted by Gasteiger charge is 2.23. The van der Waals surface area contributed by atoms with Gasteiger partial charge >= 0.3 is 0 Å². The number of rotatable bonds is 8. The summed E-state index contributed by atoms with van der Waals surface area (Å²) < 4.78 is 1.83. The number of imidazole rings is 1. The number of aromatic nitrogens is 2. The number of carbonyl (C=O) groups excluding carboxylic acids is 2. The largest absolute Gasteiger partial charge is 0.325 e. The summed E-state index contributed by atoms with van der Waals surface area (Å²) in [7, 11) is 0. The monoisotopic (exact) mass is 568 g/mol. The van der Waals surface area contributed by atoms with Crippen LogP contribution >= 0.6 is 23.2 Å². The van der Waals surface area contributed by atoms with Crippen LogP contribution in [0.3, 0.4) is 0 Å². The number of aryl methyl sites for hydroxylation is 1. The van der Waals surface area contributed by atoms with Crippen LogP contribution in [0, 0.1) is 6.92 Å². The molecular weight excluding hydrogens is 543 g/mol. The maximum absolute atomic E-state index is 13.6. The van der Waals surface area contributed by atoms with Gasteiger partial charge in [-0.1, -0.05) is 102 Å². The zero-order chi connectivity index (χ0) is 28.1. The second-order valence-electron chi connectivity index (χ2n) is 9.34. The van der Waals surface area contributed by atoms with E-state index in [0.717, 1.165) is 22.4 Å². The molecule has 40 heavy (non-hydrogen) atoms. The molecule has 1 aromatic heterocycles. The standard InChI is InChI=1S/C32H26Cl2N4O2/c1-22-12-15-26(16-13-22)38-20-29(24-10-6-3-7-11-24)35-32(38)36-30(39)21-37(19-23-8-4-2-5-9-23)31(40)27-17-14-25(33)18-28(27)34/h2-18,20H,19,21H2,1H3,(H,35,36,39). The highest BCUT2D eigenvalue weighted by Crippen LogP contribution is 2.26. The van der Waals surface area contributed by atoms with Crippen molar-refractivity contribution in [1.82, 2.24) is 14.5 Å². The third-order valence-corrected chi connectivity index (χ3v) is 6.89. The van der Waals surface area contributed by atoms with E-state index < -0.39 is 5.91 Å². The fourth-order valence-electron chi connectivity index (χ4n) is 4.29. The van der Waals surface area contributed by atoms with Crippen molar-refractivity contribution >= 4 is 41.0 Å². The van der Waals surface area contributed by atoms with Crippen LogP contribution in [0.5, 0.6) is 0 Å². The molecule has 0 saturated heterocycles. The lowest BCUT2D eigenvalue weighted by Gasteiger charge is -2.23. The molecule has 0 saturated carbocycles. The minimum Gasteiger partial charge on any atom is -0.325 e. The molecule has 1 heterocycles. The molecule has 6 nitrogen and oxygen atoms in total. The first kappa shape index (κ1) is 27.2. The number of amides is 2. The van der Waals surface area contributed by atoms with Gasteiger partial charge in [-0.05, 0) is 42.8 Å². The van der Waals surface area contributed by atoms with E-state index in [1.165, 1.54) is 11.0 Å². The molecule has 0 atom stereocenters. The first-order chi connectivity index (χ1) is 19.4. The van der Waals surface area contributed by atoms with Gasteiger partial charge in [-0.25, -0.2) is 4.98 Å². The minimum atomic E-state index is -0.395. The summed E-state index contributed by atoms with van der Waals surface area (Å²) in [5, 5.41) is 3.57. The third kappa shape index (κ3) is 6.42. The molecule has 0 aliphatic carbocycles. The van der Waals surface area contributed by atoms with Gasteiger partial charge < -0.3 is 4.90 Å². The van der Waals surface area contributed by atoms with Crippen molar-refractivity contribution < 1.29 is 9.59 Å². The van der Waals surface area contributed by atoms with Crippen molar-refractivity contribution in [1.29, 1.82) is 0 Å². The fourth-order valence-corrected chi connectivity index (χ4v) is 4.78. The highest BCUT2D eigenvalue weighted by atomic mass is 35.5. The fraction of sp³-hybridized carbons (Fsp3) is 0.0938. The molecule has 2 amide bonds. The van der Waals surface area contributed by atoms with Gasteiger partial charge in [0.05, 0.1) is 16.3 Å². The molecule has 0 aliphatic rings. The summed E-state index contributed by atoms with van der Waals surface area (Å²) in [6, 6.07) is 31.8. The first-order valence-corrected chi connectivity index (χ1v) is 13.4. The van der Waals surface area contributed by atoms with Crippen molar-refractivity contribution in [3.63, 3.8) is 0 Å². The molecule has 8 heteroatoms. The van der Waals surface area contributed by atoms with E-state index in [0.29, 0.717) is 16.7 Å². The van der Waals surface area contributed by atoms with Crippen molar-refractivity contribution in [3.8, 4) is 16.9 Å². The van der Waals surface area contributed by atoms with E-state index in [9.17, 15) is 9.59 Å². The Hall–Kier alpha value is -4.39. The normalized spacial score (nSPS) is 10.8. The van der Waals surface area contributed by atoms with Crippen LogP contribution in [0.2, 0.25) is 10.0 Å². The molecule has 5 aromatic rings. The molecule has 4 aromatic carbocycles. The van der Waals surface area contributed by atoms with Gasteiger partial charge in [-0.3, -0.25) is 19.5 Å². The molecule has 0 spiro atoms. The Morgan fingerprint density at radius 2 is 1.55 bits per heavy atom. The molecule has 0 bridgehead atoms. The molecule has 5 rings (SSSR count). The average Bonchev–Trinajstić information content (AvgIpc) is 3.37. The van der Waals surface area contributed by atoms with Gasteiger partial charge in [0.1, 0.15) is 6.54 Å². The SMILES string of the molecule is Cc1ccc(-n2cc(-c3ccccc3)nc2NC(=O)CN(Cc2ccccc2)C(=O)c2ccc(Cl)cc2Cl)cc1. The van der Waals surface area contributed by atoms with E-state index >= 15 is 0 Å². The zero-order valence-corrected chi connectivity index (χ0v) is 23.2. The second-order valence-corrected chi connectivity index (χ2v) is 10.2. The third-order valence-electron chi connectivity index (χ3n) is 6.34. The van der Waals surface area contributed by atoms with Crippen molar-refractivity contribution in [3.05, 3.63) is 136 Å². The number of hydrogen-bond acceptors (Lipinski definition) is 3. The van der Waals surface area contributed by atoms with Crippen LogP contribution in [0.25, 0.3) is 16.9 Å². The van der Waals surface area contributed by atoms with Crippen LogP contribution in [-0.4, -0.2) is 32.8 Å². The summed E-state index contributed by atoms with van der Waals surface area (Å²) in [6.07, 6.45) is 1.88. The molecular formula is C32H26Cl2N4O2. The predicted molar refractivity (Wildman–Crippen MR) is 160 cm³/mol. The summed E-state index contributed by atoms with van der Waals surface area (Å²) in [5.74, 6) is -0.426. The number of carbonyl (C=O) groups is 2. The first-order valence-electron chi connectivity index (χ1n) is 12.7. The Balaban J connectivity index is 1.45. The molecule has 0 unspecified atom stereocenters. The van der Waals surface area contributed by atoms with E-state index in [4.69, 9.17) is 28.2 Å². The topological polar surface area (TPSA) is 67.2 Å². The number of nitrogens with zero attached hydrogens (tertiary/aromatic N) is 3. The Morgan fingerprint density at radius 1 is 0.875 bits per heavy atom. The van der Waals surface area contributed by atoms with Crippen LogP contribution < -0.4 is 5.32 Å². The number of halogens is 2. The average molecular weight is 569 g/mol. The molecule has 200 valence electrons. The maximum atomic E-state index is 13.6. The van der Waals surface area contributed by atoms with Crippen LogP contribution in [0.15, 0.2) is 109 Å². The van der Waals surface area contributed by atoms with Gasteiger partial charge in [-0.15, -0.1) is 0 Å². The smallest absolute Gasteiger partial charge is 0.256 e. The number of hydrogen-bond donors (Lipinski definition) is 1. The Bertz CT molecular complexity index is 1640. The van der Waals surface area contributed by atoms with Gasteiger partial charge in [0.2, 0.25) is 11.9 Å². The number of benzene rings is 4. The number of nitrogens with one attached hydrogen (secondary N) is 1. The summed E-state index contributed by atoms with van der Waals surface area (Å²) in [4.78, 5) is 33.2. The minimum absolute atomic E-state index is 0.214.